The largest absolute Gasteiger partial charge is 0.465 e. The predicted molar refractivity (Wildman–Crippen MR) is 43.4 cm³/mol. The average Bonchev–Trinajstić information content (AvgIpc) is 2.04. The van der Waals surface area contributed by atoms with Crippen LogP contribution in [0.25, 0.3) is 0 Å². The van der Waals surface area contributed by atoms with Crippen molar-refractivity contribution in [3.8, 4) is 5.88 Å². The summed E-state index contributed by atoms with van der Waals surface area (Å²) in [5, 5.41) is 2.52. The zero-order chi connectivity index (χ0) is 7.68. The number of aromatic nitrogens is 2. The van der Waals surface area contributed by atoms with Crippen LogP contribution in [0, 0.1) is 0 Å². The minimum absolute atomic E-state index is 0. The average molecular weight is 188 g/mol. The quantitative estimate of drug-likeness (QED) is 0.632. The van der Waals surface area contributed by atoms with E-state index in [4.69, 9.17) is 4.74 Å². The van der Waals surface area contributed by atoms with Crippen LogP contribution < -0.4 is 10.1 Å². The first-order valence-electron chi connectivity index (χ1n) is 3.10. The van der Waals surface area contributed by atoms with Crippen molar-refractivity contribution in [3.05, 3.63) is 12.4 Å². The second kappa shape index (κ2) is 3.36. The molecule has 64 valence electrons. The second-order valence-electron chi connectivity index (χ2n) is 2.05. The van der Waals surface area contributed by atoms with E-state index < -0.39 is 0 Å². The van der Waals surface area contributed by atoms with E-state index in [0.717, 1.165) is 0 Å². The number of amides is 1. The Hall–Kier alpha value is -1.36. The lowest BCUT2D eigenvalue weighted by molar-refractivity contribution is -0.118. The van der Waals surface area contributed by atoms with Crippen LogP contribution in [0.3, 0.4) is 0 Å². The van der Waals surface area contributed by atoms with E-state index in [0.29, 0.717) is 11.7 Å². The second-order valence-corrected chi connectivity index (χ2v) is 2.05. The summed E-state index contributed by atoms with van der Waals surface area (Å²) < 4.78 is 4.95. The lowest BCUT2D eigenvalue weighted by Crippen LogP contribution is -2.26. The van der Waals surface area contributed by atoms with E-state index in [-0.39, 0.29) is 24.9 Å². The van der Waals surface area contributed by atoms with Crippen molar-refractivity contribution in [2.45, 2.75) is 0 Å². The van der Waals surface area contributed by atoms with Gasteiger partial charge in [-0.05, 0) is 0 Å². The highest BCUT2D eigenvalue weighted by atomic mass is 35.5. The molecule has 1 aromatic heterocycles. The Morgan fingerprint density at radius 2 is 2.17 bits per heavy atom. The third-order valence-corrected chi connectivity index (χ3v) is 1.26. The molecule has 2 heterocycles. The zero-order valence-electron chi connectivity index (χ0n) is 5.98. The number of nitrogens with zero attached hydrogens (tertiary/aromatic N) is 2. The highest BCUT2D eigenvalue weighted by Crippen LogP contribution is 2.19. The monoisotopic (exact) mass is 187 g/mol. The van der Waals surface area contributed by atoms with Crippen LogP contribution in [0.15, 0.2) is 12.4 Å². The minimum atomic E-state index is -0.196. The first kappa shape index (κ1) is 8.73. The summed E-state index contributed by atoms with van der Waals surface area (Å²) >= 11 is 0. The number of fused-ring (bicyclic) bond motifs is 1. The fraction of sp³-hybridized carbons (Fsp3) is 0.167. The van der Waals surface area contributed by atoms with Crippen molar-refractivity contribution in [2.75, 3.05) is 11.9 Å². The summed E-state index contributed by atoms with van der Waals surface area (Å²) in [5.41, 5.74) is 0. The van der Waals surface area contributed by atoms with Crippen molar-refractivity contribution in [1.82, 2.24) is 9.97 Å². The minimum Gasteiger partial charge on any atom is -0.465 e. The Labute approximate surface area is 74.6 Å². The molecule has 2 rings (SSSR count). The number of halogens is 1. The number of hydrogen-bond donors (Lipinski definition) is 1. The Kier molecular flexibility index (Phi) is 2.44. The van der Waals surface area contributed by atoms with Gasteiger partial charge in [-0.15, -0.1) is 12.4 Å². The van der Waals surface area contributed by atoms with Gasteiger partial charge in [-0.3, -0.25) is 4.79 Å². The number of nitrogens with one attached hydrogen (secondary N) is 1. The lowest BCUT2D eigenvalue weighted by atomic mass is 10.5. The Morgan fingerprint density at radius 3 is 3.00 bits per heavy atom. The molecule has 12 heavy (non-hydrogen) atoms. The van der Waals surface area contributed by atoms with E-state index in [9.17, 15) is 4.79 Å². The summed E-state index contributed by atoms with van der Waals surface area (Å²) in [6.07, 6.45) is 3.00. The maximum absolute atomic E-state index is 10.7. The van der Waals surface area contributed by atoms with Crippen molar-refractivity contribution in [2.24, 2.45) is 0 Å². The molecule has 0 radical (unpaired) electrons. The van der Waals surface area contributed by atoms with E-state index in [1.807, 2.05) is 0 Å². The van der Waals surface area contributed by atoms with Gasteiger partial charge < -0.3 is 10.1 Å². The molecule has 5 nitrogen and oxygen atoms in total. The molecular formula is C6H6ClN3O2. The standard InChI is InChI=1S/C6H5N3O2.ClH/c10-4-3-11-6-5(9-4)7-1-2-8-6;/h1-2H,3H2,(H,7,9,10);1H. The van der Waals surface area contributed by atoms with E-state index >= 15 is 0 Å². The number of carbonyl (C=O) groups excluding carboxylic acids is 1. The van der Waals surface area contributed by atoms with Crippen LogP contribution in [0.1, 0.15) is 0 Å². The van der Waals surface area contributed by atoms with Crippen molar-refractivity contribution >= 4 is 24.1 Å². The van der Waals surface area contributed by atoms with Gasteiger partial charge in [0.2, 0.25) is 0 Å². The Bertz CT molecular complexity index is 305. The summed E-state index contributed by atoms with van der Waals surface area (Å²) in [5.74, 6) is 0.578. The third kappa shape index (κ3) is 1.45. The summed E-state index contributed by atoms with van der Waals surface area (Å²) in [4.78, 5) is 18.4. The van der Waals surface area contributed by atoms with Gasteiger partial charge in [-0.1, -0.05) is 0 Å². The molecule has 0 saturated carbocycles. The number of anilines is 1. The molecule has 0 atom stereocenters. The topological polar surface area (TPSA) is 64.1 Å². The predicted octanol–water partition coefficient (Wildman–Crippen LogP) is 0.229. The molecule has 1 amide bonds. The highest BCUT2D eigenvalue weighted by Gasteiger charge is 2.16. The van der Waals surface area contributed by atoms with E-state index in [2.05, 4.69) is 15.3 Å². The van der Waals surface area contributed by atoms with Gasteiger partial charge in [0.25, 0.3) is 11.8 Å². The number of rotatable bonds is 0. The summed E-state index contributed by atoms with van der Waals surface area (Å²) in [6.45, 7) is 0.0195. The molecular weight excluding hydrogens is 182 g/mol. The first-order chi connectivity index (χ1) is 5.36. The molecule has 0 saturated heterocycles. The smallest absolute Gasteiger partial charge is 0.263 e. The molecule has 1 N–H and O–H groups in total. The first-order valence-corrected chi connectivity index (χ1v) is 3.10. The zero-order valence-corrected chi connectivity index (χ0v) is 6.80. The molecule has 0 spiro atoms. The molecule has 1 aliphatic heterocycles. The van der Waals surface area contributed by atoms with Gasteiger partial charge in [0.1, 0.15) is 0 Å². The fourth-order valence-corrected chi connectivity index (χ4v) is 0.819. The summed E-state index contributed by atoms with van der Waals surface area (Å²) in [7, 11) is 0. The normalized spacial score (nSPS) is 13.5. The molecule has 0 bridgehead atoms. The third-order valence-electron chi connectivity index (χ3n) is 1.26. The lowest BCUT2D eigenvalue weighted by Gasteiger charge is -2.13. The van der Waals surface area contributed by atoms with Crippen LogP contribution in [0.5, 0.6) is 5.88 Å². The van der Waals surface area contributed by atoms with Crippen LogP contribution >= 0.6 is 12.4 Å². The van der Waals surface area contributed by atoms with Gasteiger partial charge in [-0.25, -0.2) is 9.97 Å². The molecule has 0 aromatic carbocycles. The molecule has 6 heteroatoms. The highest BCUT2D eigenvalue weighted by molar-refractivity contribution is 5.93. The van der Waals surface area contributed by atoms with Gasteiger partial charge in [-0.2, -0.15) is 0 Å². The van der Waals surface area contributed by atoms with Gasteiger partial charge in [0, 0.05) is 12.4 Å². The molecule has 1 aromatic rings. The molecule has 0 fully saturated rings. The SMILES string of the molecule is Cl.O=C1COc2nccnc2N1. The van der Waals surface area contributed by atoms with E-state index in [1.165, 1.54) is 12.4 Å². The van der Waals surface area contributed by atoms with Gasteiger partial charge >= 0.3 is 0 Å². The van der Waals surface area contributed by atoms with Crippen molar-refractivity contribution < 1.29 is 9.53 Å². The number of carbonyl (C=O) groups is 1. The van der Waals surface area contributed by atoms with Gasteiger partial charge in [0.15, 0.2) is 12.4 Å². The molecule has 0 aliphatic carbocycles. The van der Waals surface area contributed by atoms with Crippen LogP contribution in [0.2, 0.25) is 0 Å². The number of hydrogen-bond acceptors (Lipinski definition) is 4. The van der Waals surface area contributed by atoms with Crippen LogP contribution in [-0.4, -0.2) is 22.5 Å². The fourth-order valence-electron chi connectivity index (χ4n) is 0.819. The van der Waals surface area contributed by atoms with Gasteiger partial charge in [0.05, 0.1) is 0 Å². The maximum atomic E-state index is 10.7. The van der Waals surface area contributed by atoms with Crippen LogP contribution in [0.4, 0.5) is 5.82 Å². The van der Waals surface area contributed by atoms with Crippen LogP contribution in [-0.2, 0) is 4.79 Å². The maximum Gasteiger partial charge on any atom is 0.263 e. The summed E-state index contributed by atoms with van der Waals surface area (Å²) in [6, 6.07) is 0. The Balaban J connectivity index is 0.000000720. The molecule has 1 aliphatic rings. The Morgan fingerprint density at radius 1 is 1.42 bits per heavy atom. The van der Waals surface area contributed by atoms with E-state index in [1.54, 1.807) is 0 Å². The van der Waals surface area contributed by atoms with Crippen molar-refractivity contribution in [3.63, 3.8) is 0 Å². The number of ether oxygens (including phenoxy) is 1. The molecule has 0 unspecified atom stereocenters. The van der Waals surface area contributed by atoms with Crippen molar-refractivity contribution in [1.29, 1.82) is 0 Å².